The van der Waals surface area contributed by atoms with Crippen LogP contribution in [0.15, 0.2) is 133 Å². The van der Waals surface area contributed by atoms with Crippen LogP contribution < -0.4 is 10.1 Å². The first-order valence-electron chi connectivity index (χ1n) is 18.7. The molecule has 1 unspecified atom stereocenters. The molecule has 0 radical (unpaired) electrons. The van der Waals surface area contributed by atoms with Gasteiger partial charge >= 0.3 is 6.09 Å². The van der Waals surface area contributed by atoms with Crippen LogP contribution in [0.2, 0.25) is 5.02 Å². The fraction of sp³-hybridized carbons (Fsp3) is 0.311. The Kier molecular flexibility index (Phi) is 11.2. The molecular weight excluding hydrogens is 718 g/mol. The monoisotopic (exact) mass is 761 g/mol. The lowest BCUT2D eigenvalue weighted by atomic mass is 9.79. The highest BCUT2D eigenvalue weighted by atomic mass is 35.5. The molecule has 0 aromatic heterocycles. The molecule has 3 fully saturated rings. The first-order chi connectivity index (χ1) is 27.0. The van der Waals surface area contributed by atoms with E-state index in [1.165, 1.54) is 0 Å². The number of fused-ring (bicyclic) bond motifs is 2. The van der Waals surface area contributed by atoms with Crippen LogP contribution in [0.4, 0.5) is 4.79 Å². The number of cyclic esters (lactones) is 1. The summed E-state index contributed by atoms with van der Waals surface area (Å²) in [6, 6.07) is 43.6. The average molecular weight is 762 g/mol. The number of rotatable bonds is 15. The second kappa shape index (κ2) is 16.5. The summed E-state index contributed by atoms with van der Waals surface area (Å²) in [7, 11) is 0. The summed E-state index contributed by atoms with van der Waals surface area (Å²) < 4.78 is 46.8. The molecule has 3 saturated heterocycles. The van der Waals surface area contributed by atoms with Gasteiger partial charge in [0, 0.05) is 10.6 Å². The van der Waals surface area contributed by atoms with E-state index in [0.717, 1.165) is 33.6 Å². The molecule has 5 aromatic carbocycles. The second-order valence-corrected chi connectivity index (χ2v) is 14.5. The SMILES string of the molecule is CCOc1ccc(Cc2cc([C@]34OC[C@](C5CNC(=O)O5)(O3)[C@@H](OCc3ccccc3)[C@H](OCc3ccccc3)[C@H]4OCc3ccccc3)ccc2Cl)cc1. The summed E-state index contributed by atoms with van der Waals surface area (Å²) in [5.41, 5.74) is 4.27. The Morgan fingerprint density at radius 2 is 1.33 bits per heavy atom. The van der Waals surface area contributed by atoms with Gasteiger partial charge in [-0.05, 0) is 65.4 Å². The number of ether oxygens (including phenoxy) is 7. The molecule has 55 heavy (non-hydrogen) atoms. The summed E-state index contributed by atoms with van der Waals surface area (Å²) in [5.74, 6) is -0.696. The van der Waals surface area contributed by atoms with Gasteiger partial charge in [-0.3, -0.25) is 0 Å². The van der Waals surface area contributed by atoms with Crippen molar-refractivity contribution < 1.29 is 38.0 Å². The Balaban J connectivity index is 1.23. The van der Waals surface area contributed by atoms with Crippen LogP contribution in [0.1, 0.15) is 40.3 Å². The highest BCUT2D eigenvalue weighted by Gasteiger charge is 2.73. The van der Waals surface area contributed by atoms with E-state index in [9.17, 15) is 4.79 Å². The smallest absolute Gasteiger partial charge is 0.407 e. The molecule has 0 saturated carbocycles. The minimum atomic E-state index is -1.50. The first kappa shape index (κ1) is 37.2. The zero-order chi connectivity index (χ0) is 37.7. The molecule has 8 rings (SSSR count). The molecule has 3 aliphatic rings. The Morgan fingerprint density at radius 3 is 1.91 bits per heavy atom. The predicted molar refractivity (Wildman–Crippen MR) is 207 cm³/mol. The van der Waals surface area contributed by atoms with Gasteiger partial charge in [-0.25, -0.2) is 4.79 Å². The lowest BCUT2D eigenvalue weighted by Crippen LogP contribution is -2.70. The van der Waals surface area contributed by atoms with E-state index in [2.05, 4.69) is 5.32 Å². The standard InChI is InChI=1S/C45H44ClNO8/c1-2-49-37-21-18-31(19-22-37)24-35-25-36(20-23-38(35)46)45-42(52-29-34-16-10-5-11-17-34)40(50-27-32-12-6-3-7-13-32)41(51-28-33-14-8-4-9-15-33)44(55-45,30-53-45)39-26-47-43(48)54-39/h3-23,25,39-42H,2,24,26-30H2,1H3,(H,47,48)/t39?,40-,41-,42+,44+,45-/m0/s1. The van der Waals surface area contributed by atoms with Gasteiger partial charge in [0.05, 0.1) is 39.6 Å². The summed E-state index contributed by atoms with van der Waals surface area (Å²) in [5, 5.41) is 3.43. The second-order valence-electron chi connectivity index (χ2n) is 14.0. The Morgan fingerprint density at radius 1 is 0.727 bits per heavy atom. The molecule has 6 atom stereocenters. The number of amides is 1. The van der Waals surface area contributed by atoms with Crippen molar-refractivity contribution in [3.05, 3.63) is 172 Å². The molecule has 10 heteroatoms. The van der Waals surface area contributed by atoms with Crippen LogP contribution >= 0.6 is 11.6 Å². The molecule has 5 aromatic rings. The lowest BCUT2D eigenvalue weighted by Gasteiger charge is -2.52. The zero-order valence-electron chi connectivity index (χ0n) is 30.6. The van der Waals surface area contributed by atoms with E-state index < -0.39 is 41.9 Å². The highest BCUT2D eigenvalue weighted by Crippen LogP contribution is 2.55. The molecule has 284 valence electrons. The van der Waals surface area contributed by atoms with E-state index in [-0.39, 0.29) is 33.0 Å². The fourth-order valence-electron chi connectivity index (χ4n) is 7.72. The van der Waals surface area contributed by atoms with Crippen molar-refractivity contribution in [2.75, 3.05) is 19.8 Å². The molecule has 2 bridgehead atoms. The first-order valence-corrected chi connectivity index (χ1v) is 19.1. The number of benzene rings is 5. The molecular formula is C45H44ClNO8. The lowest BCUT2D eigenvalue weighted by molar-refractivity contribution is -0.358. The van der Waals surface area contributed by atoms with E-state index in [0.29, 0.717) is 23.6 Å². The Bertz CT molecular complexity index is 2040. The molecule has 9 nitrogen and oxygen atoms in total. The predicted octanol–water partition coefficient (Wildman–Crippen LogP) is 8.15. The van der Waals surface area contributed by atoms with E-state index in [1.54, 1.807) is 0 Å². The fourth-order valence-corrected chi connectivity index (χ4v) is 7.91. The van der Waals surface area contributed by atoms with Gasteiger partial charge in [0.15, 0.2) is 11.7 Å². The van der Waals surface area contributed by atoms with Crippen molar-refractivity contribution in [2.45, 2.75) is 69.0 Å². The zero-order valence-corrected chi connectivity index (χ0v) is 31.4. The minimum absolute atomic E-state index is 0.0410. The van der Waals surface area contributed by atoms with Gasteiger partial charge in [-0.2, -0.15) is 0 Å². The number of halogens is 1. The van der Waals surface area contributed by atoms with Gasteiger partial charge in [0.2, 0.25) is 5.79 Å². The van der Waals surface area contributed by atoms with Crippen LogP contribution in [-0.2, 0) is 60.4 Å². The number of nitrogens with one attached hydrogen (secondary N) is 1. The molecule has 0 spiro atoms. The maximum atomic E-state index is 12.7. The highest BCUT2D eigenvalue weighted by molar-refractivity contribution is 6.31. The summed E-state index contributed by atoms with van der Waals surface area (Å²) in [6.07, 6.45) is -3.13. The van der Waals surface area contributed by atoms with Crippen LogP contribution in [0.3, 0.4) is 0 Å². The molecule has 3 aliphatic heterocycles. The average Bonchev–Trinajstić information content (AvgIpc) is 3.83. The number of carbonyl (C=O) groups is 1. The Hall–Kier alpha value is -4.74. The maximum absolute atomic E-state index is 12.7. The van der Waals surface area contributed by atoms with Gasteiger partial charge < -0.3 is 38.5 Å². The van der Waals surface area contributed by atoms with E-state index in [4.69, 9.17) is 44.8 Å². The number of carbonyl (C=O) groups excluding carboxylic acids is 1. The van der Waals surface area contributed by atoms with Crippen LogP contribution in [0.25, 0.3) is 0 Å². The topological polar surface area (TPSA) is 93.7 Å². The summed E-state index contributed by atoms with van der Waals surface area (Å²) >= 11 is 6.91. The largest absolute Gasteiger partial charge is 0.494 e. The van der Waals surface area contributed by atoms with E-state index in [1.807, 2.05) is 140 Å². The van der Waals surface area contributed by atoms with Crippen LogP contribution in [0, 0.1) is 0 Å². The van der Waals surface area contributed by atoms with Crippen molar-refractivity contribution in [3.8, 4) is 5.75 Å². The summed E-state index contributed by atoms with van der Waals surface area (Å²) in [6.45, 7) is 3.56. The number of alkyl carbamates (subject to hydrolysis) is 1. The van der Waals surface area contributed by atoms with Gasteiger partial charge in [-0.15, -0.1) is 0 Å². The van der Waals surface area contributed by atoms with Crippen molar-refractivity contribution >= 4 is 17.7 Å². The van der Waals surface area contributed by atoms with Crippen molar-refractivity contribution in [3.63, 3.8) is 0 Å². The minimum Gasteiger partial charge on any atom is -0.494 e. The normalized spacial score (nSPS) is 25.7. The van der Waals surface area contributed by atoms with Crippen molar-refractivity contribution in [1.29, 1.82) is 0 Å². The molecule has 1 amide bonds. The van der Waals surface area contributed by atoms with Gasteiger partial charge in [0.1, 0.15) is 24.1 Å². The maximum Gasteiger partial charge on any atom is 0.407 e. The number of hydrogen-bond donors (Lipinski definition) is 1. The Labute approximate surface area is 326 Å². The van der Waals surface area contributed by atoms with Crippen LogP contribution in [-0.4, -0.2) is 55.9 Å². The van der Waals surface area contributed by atoms with Crippen molar-refractivity contribution in [2.24, 2.45) is 0 Å². The molecule has 3 heterocycles. The third-order valence-corrected chi connectivity index (χ3v) is 10.8. The molecule has 0 aliphatic carbocycles. The van der Waals surface area contributed by atoms with Gasteiger partial charge in [-0.1, -0.05) is 121 Å². The number of hydrogen-bond acceptors (Lipinski definition) is 8. The summed E-state index contributed by atoms with van der Waals surface area (Å²) in [4.78, 5) is 12.7. The van der Waals surface area contributed by atoms with Gasteiger partial charge in [0.25, 0.3) is 0 Å². The third-order valence-electron chi connectivity index (χ3n) is 10.4. The third kappa shape index (κ3) is 7.87. The van der Waals surface area contributed by atoms with Crippen LogP contribution in [0.5, 0.6) is 5.75 Å². The van der Waals surface area contributed by atoms with E-state index >= 15 is 0 Å². The quantitative estimate of drug-likeness (QED) is 0.114. The molecule has 1 N–H and O–H groups in total. The van der Waals surface area contributed by atoms with Crippen molar-refractivity contribution in [1.82, 2.24) is 5.32 Å².